The average molecular weight is 385 g/mol. The number of nitroso groups, excluding NO2 is 2. The summed E-state index contributed by atoms with van der Waals surface area (Å²) in [7, 11) is 9.79. The molecule has 0 spiro atoms. The normalized spacial score (nSPS) is 6.42. The van der Waals surface area contributed by atoms with Crippen molar-refractivity contribution in [2.24, 2.45) is 0 Å². The molecule has 0 unspecified atom stereocenters. The maximum absolute atomic E-state index is 7.25. The molecule has 0 bridgehead atoms. The van der Waals surface area contributed by atoms with E-state index in [-0.39, 0.29) is 0 Å². The first-order chi connectivity index (χ1) is 9.41. The van der Waals surface area contributed by atoms with Gasteiger partial charge in [0, 0.05) is 24.8 Å². The van der Waals surface area contributed by atoms with Crippen LogP contribution in [-0.4, -0.2) is 9.97 Å². The van der Waals surface area contributed by atoms with Crippen molar-refractivity contribution in [1.82, 2.24) is 9.97 Å². The van der Waals surface area contributed by atoms with Gasteiger partial charge in [0.15, 0.2) is 0 Å². The van der Waals surface area contributed by atoms with Crippen LogP contribution < -0.4 is 0 Å². The van der Waals surface area contributed by atoms with Crippen molar-refractivity contribution in [3.8, 4) is 0 Å². The molecule has 0 N–H and O–H groups in total. The SMILES string of the molecule is [Cl][Mo][Cl].[N-]=O.[N-]=O.c1ccncc1.c1ccncc1. The van der Waals surface area contributed by atoms with Gasteiger partial charge in [0.1, 0.15) is 0 Å². The van der Waals surface area contributed by atoms with Crippen molar-refractivity contribution in [2.45, 2.75) is 0 Å². The number of hydrogen-bond acceptors (Lipinski definition) is 4. The molecule has 19 heavy (non-hydrogen) atoms. The van der Waals surface area contributed by atoms with Crippen LogP contribution in [0.3, 0.4) is 0 Å². The van der Waals surface area contributed by atoms with Gasteiger partial charge in [-0.25, -0.2) is 0 Å². The zero-order valence-electron chi connectivity index (χ0n) is 9.54. The second kappa shape index (κ2) is 30.1. The van der Waals surface area contributed by atoms with E-state index in [9.17, 15) is 0 Å². The summed E-state index contributed by atoms with van der Waals surface area (Å²) in [5.41, 5.74) is 11.5. The van der Waals surface area contributed by atoms with Crippen molar-refractivity contribution in [3.63, 3.8) is 0 Å². The monoisotopic (exact) mass is 386 g/mol. The van der Waals surface area contributed by atoms with E-state index in [1.807, 2.05) is 36.4 Å². The fraction of sp³-hybridized carbons (Fsp3) is 0. The van der Waals surface area contributed by atoms with Crippen LogP contribution in [0.25, 0.3) is 11.2 Å². The van der Waals surface area contributed by atoms with Gasteiger partial charge in [0.25, 0.3) is 0 Å². The molecule has 0 fully saturated rings. The van der Waals surface area contributed by atoms with Gasteiger partial charge in [-0.2, -0.15) is 0 Å². The molecule has 0 amide bonds. The zero-order valence-corrected chi connectivity index (χ0v) is 13.1. The van der Waals surface area contributed by atoms with Crippen LogP contribution in [0.15, 0.2) is 61.2 Å². The zero-order chi connectivity index (χ0) is 15.2. The van der Waals surface area contributed by atoms with Crippen LogP contribution in [0.1, 0.15) is 0 Å². The number of pyridine rings is 2. The van der Waals surface area contributed by atoms with Crippen LogP contribution in [0.5, 0.6) is 0 Å². The van der Waals surface area contributed by atoms with E-state index in [1.54, 1.807) is 24.8 Å². The van der Waals surface area contributed by atoms with E-state index in [0.29, 0.717) is 0 Å². The molecule has 0 saturated carbocycles. The number of nitrogens with zero attached hydrogens (tertiary/aromatic N) is 4. The fourth-order valence-corrected chi connectivity index (χ4v) is 0.625. The van der Waals surface area contributed by atoms with E-state index < -0.39 is 16.5 Å². The molecule has 2 aromatic rings. The molecule has 2 heterocycles. The molecule has 0 aliphatic heterocycles. The molecule has 2 rings (SSSR count). The van der Waals surface area contributed by atoms with Gasteiger partial charge < -0.3 is 21.0 Å². The Morgan fingerprint density at radius 2 is 0.842 bits per heavy atom. The number of halogens is 2. The van der Waals surface area contributed by atoms with Gasteiger partial charge in [-0.15, -0.1) is 0 Å². The Balaban J connectivity index is -0.000000187. The standard InChI is InChI=1S/2C5H5N.2ClH.Mo.2NO/c2*1-2-4-6-5-3-1;;;;2*1-2/h2*1-5H;2*1H;;;/q;;;;+2;2*-1/p-2. The molecular weight excluding hydrogens is 375 g/mol. The minimum atomic E-state index is -0.586. The Morgan fingerprint density at radius 3 is 0.895 bits per heavy atom. The predicted octanol–water partition coefficient (Wildman–Crippen LogP) is 4.18. The quantitative estimate of drug-likeness (QED) is 0.635. The van der Waals surface area contributed by atoms with Crippen LogP contribution >= 0.6 is 18.8 Å². The largest absolute Gasteiger partial charge is 0.577 e. The summed E-state index contributed by atoms with van der Waals surface area (Å²) >= 11 is -0.586. The minimum absolute atomic E-state index is 0.586. The third-order valence-electron chi connectivity index (χ3n) is 1.13. The molecule has 9 heteroatoms. The first kappa shape index (κ1) is 22.9. The third kappa shape index (κ3) is 31.5. The topological polar surface area (TPSA) is 105 Å². The molecule has 2 aromatic heterocycles. The van der Waals surface area contributed by atoms with Gasteiger partial charge in [0.05, 0.1) is 0 Å². The van der Waals surface area contributed by atoms with Crippen LogP contribution in [0, 0.1) is 9.81 Å². The molecule has 0 atom stereocenters. The molecule has 6 nitrogen and oxygen atoms in total. The Morgan fingerprint density at radius 1 is 0.632 bits per heavy atom. The first-order valence-electron chi connectivity index (χ1n) is 4.37. The minimum Gasteiger partial charge on any atom is -0.577 e. The molecule has 0 saturated heterocycles. The average Bonchev–Trinajstić information content (AvgIpc) is 2.56. The fourth-order valence-electron chi connectivity index (χ4n) is 0.625. The van der Waals surface area contributed by atoms with Crippen LogP contribution in [-0.2, 0) is 16.5 Å². The molecule has 0 aliphatic carbocycles. The van der Waals surface area contributed by atoms with Crippen molar-refractivity contribution in [3.05, 3.63) is 82.2 Å². The summed E-state index contributed by atoms with van der Waals surface area (Å²) < 4.78 is 0. The first-order valence-corrected chi connectivity index (χ1v) is 9.54. The summed E-state index contributed by atoms with van der Waals surface area (Å²) in [6.07, 6.45) is 7.00. The molecule has 0 radical (unpaired) electrons. The summed E-state index contributed by atoms with van der Waals surface area (Å²) in [4.78, 5) is 22.1. The van der Waals surface area contributed by atoms with E-state index in [4.69, 9.17) is 39.8 Å². The smallest absolute Gasteiger partial charge is 0.0267 e. The number of hydrogen-bond donors (Lipinski definition) is 0. The second-order valence-corrected chi connectivity index (χ2v) is 5.15. The van der Waals surface area contributed by atoms with Crippen LogP contribution in [0.4, 0.5) is 0 Å². The maximum Gasteiger partial charge on any atom is 0.0267 e. The second-order valence-electron chi connectivity index (χ2n) is 2.11. The van der Waals surface area contributed by atoms with Gasteiger partial charge in [-0.3, -0.25) is 9.97 Å². The van der Waals surface area contributed by atoms with E-state index in [2.05, 4.69) is 9.97 Å². The number of rotatable bonds is 0. The van der Waals surface area contributed by atoms with Crippen molar-refractivity contribution < 1.29 is 16.5 Å². The van der Waals surface area contributed by atoms with E-state index >= 15 is 0 Å². The summed E-state index contributed by atoms with van der Waals surface area (Å²) in [6.45, 7) is 0. The van der Waals surface area contributed by atoms with Crippen molar-refractivity contribution in [1.29, 1.82) is 0 Å². The predicted molar refractivity (Wildman–Crippen MR) is 73.6 cm³/mol. The van der Waals surface area contributed by atoms with Gasteiger partial charge in [0.2, 0.25) is 0 Å². The van der Waals surface area contributed by atoms with Gasteiger partial charge >= 0.3 is 35.3 Å². The van der Waals surface area contributed by atoms with Crippen molar-refractivity contribution in [2.75, 3.05) is 0 Å². The summed E-state index contributed by atoms with van der Waals surface area (Å²) in [5.74, 6) is 0. The van der Waals surface area contributed by atoms with Gasteiger partial charge in [-0.05, 0) is 24.3 Å². The number of aromatic nitrogens is 2. The van der Waals surface area contributed by atoms with Crippen molar-refractivity contribution >= 4 is 18.8 Å². The summed E-state index contributed by atoms with van der Waals surface area (Å²) in [5, 5.41) is 0. The Bertz CT molecular complexity index is 248. The Hall–Kier alpha value is -1.23. The maximum atomic E-state index is 7.25. The van der Waals surface area contributed by atoms with Crippen LogP contribution in [0.2, 0.25) is 0 Å². The van der Waals surface area contributed by atoms with E-state index in [1.165, 1.54) is 0 Å². The van der Waals surface area contributed by atoms with Gasteiger partial charge in [-0.1, -0.05) is 12.1 Å². The molecule has 0 aromatic carbocycles. The van der Waals surface area contributed by atoms with E-state index in [0.717, 1.165) is 0 Å². The molecule has 104 valence electrons. The Kier molecular flexibility index (Phi) is 36.3. The summed E-state index contributed by atoms with van der Waals surface area (Å²) in [6, 6.07) is 11.4. The Labute approximate surface area is 127 Å². The molecular formula is C10H10Cl2MoN4O2-2. The third-order valence-corrected chi connectivity index (χ3v) is 1.13. The molecule has 0 aliphatic rings.